The Hall–Kier alpha value is -1.02. The van der Waals surface area contributed by atoms with Crippen molar-refractivity contribution in [2.75, 3.05) is 0 Å². The van der Waals surface area contributed by atoms with Gasteiger partial charge >= 0.3 is 12.4 Å². The highest BCUT2D eigenvalue weighted by atomic mass is 35.5. The van der Waals surface area contributed by atoms with Crippen molar-refractivity contribution in [2.45, 2.75) is 31.2 Å². The van der Waals surface area contributed by atoms with Gasteiger partial charge in [-0.3, -0.25) is 0 Å². The van der Waals surface area contributed by atoms with Gasteiger partial charge in [0.15, 0.2) is 0 Å². The van der Waals surface area contributed by atoms with Crippen LogP contribution in [-0.2, 0) is 6.18 Å². The summed E-state index contributed by atoms with van der Waals surface area (Å²) in [5, 5.41) is 0. The number of rotatable bonds is 3. The molecular weight excluding hydrogens is 315 g/mol. The minimum atomic E-state index is -4.85. The van der Waals surface area contributed by atoms with Crippen molar-refractivity contribution >= 4 is 12.4 Å². The van der Waals surface area contributed by atoms with Crippen molar-refractivity contribution in [1.82, 2.24) is 0 Å². The molecule has 1 aromatic rings. The molecule has 0 fully saturated rings. The van der Waals surface area contributed by atoms with Crippen LogP contribution < -0.4 is 5.73 Å². The van der Waals surface area contributed by atoms with E-state index >= 15 is 0 Å². The molecule has 1 nitrogen and oxygen atoms in total. The Balaban J connectivity index is 0.00000361. The van der Waals surface area contributed by atoms with Crippen LogP contribution in [0.5, 0.6) is 0 Å². The molecule has 20 heavy (non-hydrogen) atoms. The van der Waals surface area contributed by atoms with Crippen LogP contribution in [0.2, 0.25) is 0 Å². The van der Waals surface area contributed by atoms with Gasteiger partial charge in [-0.25, -0.2) is 4.39 Å². The zero-order chi connectivity index (χ0) is 14.8. The monoisotopic (exact) mass is 325 g/mol. The van der Waals surface area contributed by atoms with Crippen LogP contribution >= 0.6 is 12.4 Å². The topological polar surface area (TPSA) is 26.0 Å². The third-order valence-electron chi connectivity index (χ3n) is 2.47. The highest BCUT2D eigenvalue weighted by Gasteiger charge is 2.34. The summed E-state index contributed by atoms with van der Waals surface area (Å²) in [5.74, 6) is -1.55. The van der Waals surface area contributed by atoms with Gasteiger partial charge < -0.3 is 5.73 Å². The minimum Gasteiger partial charge on any atom is -0.324 e. The second kappa shape index (κ2) is 6.62. The fourth-order valence-corrected chi connectivity index (χ4v) is 1.48. The lowest BCUT2D eigenvalue weighted by molar-refractivity contribution is -0.140. The van der Waals surface area contributed by atoms with E-state index in [1.807, 2.05) is 0 Å². The molecule has 0 spiro atoms. The second-order valence-corrected chi connectivity index (χ2v) is 4.00. The lowest BCUT2D eigenvalue weighted by atomic mass is 10.0. The summed E-state index contributed by atoms with van der Waals surface area (Å²) < 4.78 is 85.8. The smallest absolute Gasteiger partial charge is 0.324 e. The summed E-state index contributed by atoms with van der Waals surface area (Å²) in [6.45, 7) is 0. The molecule has 0 unspecified atom stereocenters. The van der Waals surface area contributed by atoms with E-state index in [0.717, 1.165) is 6.07 Å². The zero-order valence-corrected chi connectivity index (χ0v) is 10.7. The lowest BCUT2D eigenvalue weighted by Gasteiger charge is -2.15. The predicted octanol–water partition coefficient (Wildman–Crippen LogP) is 4.61. The molecule has 2 N–H and O–H groups in total. The second-order valence-electron chi connectivity index (χ2n) is 4.00. The number of nitrogens with two attached hydrogens (primary N) is 1. The molecule has 1 atom stereocenters. The maximum Gasteiger partial charge on any atom is 0.419 e. The van der Waals surface area contributed by atoms with Crippen molar-refractivity contribution in [3.8, 4) is 0 Å². The number of hydrogen-bond donors (Lipinski definition) is 1. The maximum atomic E-state index is 13.2. The first kappa shape index (κ1) is 19.0. The molecule has 0 saturated carbocycles. The Morgan fingerprint density at radius 2 is 1.60 bits per heavy atom. The first-order valence-corrected chi connectivity index (χ1v) is 5.19. The number of halogens is 8. The first-order valence-electron chi connectivity index (χ1n) is 5.19. The van der Waals surface area contributed by atoms with Gasteiger partial charge in [-0.05, 0) is 24.1 Å². The van der Waals surface area contributed by atoms with Crippen LogP contribution in [0, 0.1) is 5.82 Å². The molecule has 0 aromatic heterocycles. The molecule has 0 aliphatic heterocycles. The third-order valence-corrected chi connectivity index (χ3v) is 2.47. The molecule has 1 rings (SSSR count). The Bertz CT molecular complexity index is 441. The molecule has 0 amide bonds. The van der Waals surface area contributed by atoms with Crippen molar-refractivity contribution < 1.29 is 30.7 Å². The van der Waals surface area contributed by atoms with Crippen LogP contribution in [0.4, 0.5) is 30.7 Å². The van der Waals surface area contributed by atoms with E-state index in [1.54, 1.807) is 0 Å². The maximum absolute atomic E-state index is 13.2. The number of alkyl halides is 6. The highest BCUT2D eigenvalue weighted by molar-refractivity contribution is 5.85. The van der Waals surface area contributed by atoms with E-state index in [2.05, 4.69) is 0 Å². The molecule has 0 aliphatic rings. The van der Waals surface area contributed by atoms with Crippen LogP contribution in [0.25, 0.3) is 0 Å². The van der Waals surface area contributed by atoms with Crippen molar-refractivity contribution in [3.63, 3.8) is 0 Å². The lowest BCUT2D eigenvalue weighted by Crippen LogP contribution is -2.17. The van der Waals surface area contributed by atoms with Crippen LogP contribution in [0.15, 0.2) is 18.2 Å². The number of hydrogen-bond acceptors (Lipinski definition) is 1. The molecule has 0 heterocycles. The van der Waals surface area contributed by atoms with Gasteiger partial charge in [-0.1, -0.05) is 6.07 Å². The van der Waals surface area contributed by atoms with E-state index in [1.165, 1.54) is 0 Å². The van der Waals surface area contributed by atoms with Gasteiger partial charge in [0.05, 0.1) is 5.56 Å². The Labute approximate surface area is 116 Å². The number of benzene rings is 1. The van der Waals surface area contributed by atoms with Crippen LogP contribution in [0.3, 0.4) is 0 Å². The third kappa shape index (κ3) is 5.54. The molecule has 0 aliphatic carbocycles. The van der Waals surface area contributed by atoms with Gasteiger partial charge in [-0.2, -0.15) is 26.3 Å². The summed E-state index contributed by atoms with van der Waals surface area (Å²) >= 11 is 0. The average molecular weight is 326 g/mol. The Morgan fingerprint density at radius 3 is 2.00 bits per heavy atom. The largest absolute Gasteiger partial charge is 0.419 e. The summed E-state index contributed by atoms with van der Waals surface area (Å²) in [6, 6.07) is 0.702. The zero-order valence-electron chi connectivity index (χ0n) is 9.85. The van der Waals surface area contributed by atoms with E-state index in [9.17, 15) is 30.7 Å². The van der Waals surface area contributed by atoms with Gasteiger partial charge in [-0.15, -0.1) is 12.4 Å². The van der Waals surface area contributed by atoms with Gasteiger partial charge in [0, 0.05) is 12.5 Å². The first-order chi connectivity index (χ1) is 8.50. The molecule has 9 heteroatoms. The van der Waals surface area contributed by atoms with Crippen molar-refractivity contribution in [1.29, 1.82) is 0 Å². The van der Waals surface area contributed by atoms with Gasteiger partial charge in [0.2, 0.25) is 0 Å². The van der Waals surface area contributed by atoms with Crippen molar-refractivity contribution in [2.24, 2.45) is 5.73 Å². The summed E-state index contributed by atoms with van der Waals surface area (Å²) in [7, 11) is 0. The van der Waals surface area contributed by atoms with E-state index in [0.29, 0.717) is 12.1 Å². The fourth-order valence-electron chi connectivity index (χ4n) is 1.48. The summed E-state index contributed by atoms with van der Waals surface area (Å²) in [4.78, 5) is 0. The van der Waals surface area contributed by atoms with Crippen molar-refractivity contribution in [3.05, 3.63) is 35.1 Å². The van der Waals surface area contributed by atoms with Gasteiger partial charge in [0.25, 0.3) is 0 Å². The Kier molecular flexibility index (Phi) is 6.28. The van der Waals surface area contributed by atoms with E-state index < -0.39 is 42.6 Å². The molecule has 0 radical (unpaired) electrons. The fraction of sp³-hybridized carbons (Fsp3) is 0.455. The summed E-state index contributed by atoms with van der Waals surface area (Å²) in [5.41, 5.74) is 3.81. The molecular formula is C11H11ClF7N. The quantitative estimate of drug-likeness (QED) is 0.807. The molecule has 1 aromatic carbocycles. The molecule has 0 bridgehead atoms. The average Bonchev–Trinajstić information content (AvgIpc) is 2.22. The molecule has 116 valence electrons. The standard InChI is InChI=1S/C11H10F7N.ClH/c12-8-5-6(1-2-7(8)11(16,17)18)9(19)3-4-10(13,14)15;/h1-2,5,9H,3-4,19H2;1H/t9-;/m1./s1. The molecule has 0 saturated heterocycles. The van der Waals surface area contributed by atoms with E-state index in [-0.39, 0.29) is 18.0 Å². The van der Waals surface area contributed by atoms with Gasteiger partial charge in [0.1, 0.15) is 5.82 Å². The SMILES string of the molecule is Cl.N[C@H](CCC(F)(F)F)c1ccc(C(F)(F)F)c(F)c1. The van der Waals surface area contributed by atoms with Crippen LogP contribution in [0.1, 0.15) is 30.0 Å². The van der Waals surface area contributed by atoms with E-state index in [4.69, 9.17) is 5.73 Å². The minimum absolute atomic E-state index is 0. The summed E-state index contributed by atoms with van der Waals surface area (Å²) in [6.07, 6.45) is -11.0. The van der Waals surface area contributed by atoms with Crippen LogP contribution in [-0.4, -0.2) is 6.18 Å². The predicted molar refractivity (Wildman–Crippen MR) is 60.9 cm³/mol. The normalized spacial score (nSPS) is 13.8. The highest BCUT2D eigenvalue weighted by Crippen LogP contribution is 2.33. The Morgan fingerprint density at radius 1 is 1.05 bits per heavy atom.